The Hall–Kier alpha value is 0.264. The van der Waals surface area contributed by atoms with Crippen LogP contribution in [0.15, 0.2) is 0 Å². The first-order valence-electron chi connectivity index (χ1n) is 5.45. The van der Waals surface area contributed by atoms with Crippen molar-refractivity contribution in [3.8, 4) is 0 Å². The van der Waals surface area contributed by atoms with Gasteiger partial charge in [-0.25, -0.2) is 0 Å². The minimum atomic E-state index is -4.97. The molecule has 2 N–H and O–H groups in total. The van der Waals surface area contributed by atoms with Gasteiger partial charge < -0.3 is 0 Å². The van der Waals surface area contributed by atoms with Crippen LogP contribution in [-0.2, 0) is 22.4 Å². The van der Waals surface area contributed by atoms with Crippen molar-refractivity contribution in [2.45, 2.75) is 59.0 Å². The number of hydrogen-bond donors (Lipinski definition) is 2. The van der Waals surface area contributed by atoms with Gasteiger partial charge in [-0.05, 0) is 0 Å². The third-order valence-corrected chi connectivity index (χ3v) is 3.63. The van der Waals surface area contributed by atoms with Crippen molar-refractivity contribution in [3.63, 3.8) is 0 Å². The first kappa shape index (κ1) is 15.3. The van der Waals surface area contributed by atoms with Crippen LogP contribution in [0.4, 0.5) is 0 Å². The first-order chi connectivity index (χ1) is 6.68. The van der Waals surface area contributed by atoms with Gasteiger partial charge in [0.05, 0.1) is 0 Å². The fourth-order valence-corrected chi connectivity index (χ4v) is 2.70. The maximum atomic E-state index is 10.8. The van der Waals surface area contributed by atoms with Gasteiger partial charge in [0, 0.05) is 0 Å². The summed E-state index contributed by atoms with van der Waals surface area (Å²) in [6.45, 7) is 7.93. The van der Waals surface area contributed by atoms with Crippen molar-refractivity contribution in [1.29, 1.82) is 0 Å². The quantitative estimate of drug-likeness (QED) is 0.734. The molecule has 1 atom stereocenters. The fourth-order valence-electron chi connectivity index (χ4n) is 1.46. The van der Waals surface area contributed by atoms with Crippen molar-refractivity contribution in [3.05, 3.63) is 0 Å². The molecule has 15 heavy (non-hydrogen) atoms. The molecular formula is C10H23O4V. The average Bonchev–Trinajstić information content (AvgIpc) is 2.00. The van der Waals surface area contributed by atoms with E-state index in [4.69, 9.17) is 11.7 Å². The topological polar surface area (TPSA) is 66.8 Å². The molecule has 1 unspecified atom stereocenters. The van der Waals surface area contributed by atoms with Gasteiger partial charge in [-0.3, -0.25) is 0 Å². The van der Waals surface area contributed by atoms with Crippen LogP contribution in [0.5, 0.6) is 0 Å². The van der Waals surface area contributed by atoms with Gasteiger partial charge in [-0.2, -0.15) is 0 Å². The van der Waals surface area contributed by atoms with E-state index in [9.17, 15) is 3.67 Å². The molecule has 0 heterocycles. The van der Waals surface area contributed by atoms with E-state index in [1.165, 1.54) is 0 Å². The van der Waals surface area contributed by atoms with Crippen LogP contribution < -0.4 is 0 Å². The van der Waals surface area contributed by atoms with E-state index in [1.54, 1.807) is 6.92 Å². The van der Waals surface area contributed by atoms with E-state index < -0.39 is 20.6 Å². The zero-order chi connectivity index (χ0) is 12.1. The van der Waals surface area contributed by atoms with Gasteiger partial charge in [0.25, 0.3) is 0 Å². The molecule has 92 valence electrons. The number of hydrogen-bond acceptors (Lipinski definition) is 2. The minimum absolute atomic E-state index is 0.617. The van der Waals surface area contributed by atoms with Gasteiger partial charge in [0.1, 0.15) is 0 Å². The van der Waals surface area contributed by atoms with Crippen LogP contribution >= 0.6 is 0 Å². The van der Waals surface area contributed by atoms with E-state index in [0.717, 1.165) is 12.8 Å². The van der Waals surface area contributed by atoms with Crippen molar-refractivity contribution in [1.82, 2.24) is 0 Å². The zero-order valence-electron chi connectivity index (χ0n) is 10.1. The Morgan fingerprint density at radius 2 is 1.93 bits per heavy atom. The Morgan fingerprint density at radius 1 is 1.40 bits per heavy atom. The Morgan fingerprint density at radius 3 is 2.27 bits per heavy atom. The van der Waals surface area contributed by atoms with E-state index in [1.807, 2.05) is 6.92 Å². The Labute approximate surface area is 95.6 Å². The summed E-state index contributed by atoms with van der Waals surface area (Å²) in [5, 5.41) is 0. The predicted molar refractivity (Wildman–Crippen MR) is 53.6 cm³/mol. The molecule has 0 aromatic carbocycles. The monoisotopic (exact) mass is 258 g/mol. The fraction of sp³-hybridized carbons (Fsp3) is 1.00. The van der Waals surface area contributed by atoms with Crippen LogP contribution in [0, 0.1) is 5.92 Å². The summed E-state index contributed by atoms with van der Waals surface area (Å²) in [7, 11) is 0. The predicted octanol–water partition coefficient (Wildman–Crippen LogP) is 2.23. The molecule has 4 nitrogen and oxygen atoms in total. The Bertz CT molecular complexity index is 223. The average molecular weight is 258 g/mol. The summed E-state index contributed by atoms with van der Waals surface area (Å²) in [5.74, 6) is 0.617. The maximum absolute atomic E-state index is 10.8. The Kier molecular flexibility index (Phi) is 6.22. The second-order valence-electron chi connectivity index (χ2n) is 4.67. The molecule has 0 radical (unpaired) electrons. The molecule has 0 spiro atoms. The third kappa shape index (κ3) is 8.11. The zero-order valence-corrected chi connectivity index (χ0v) is 11.5. The van der Waals surface area contributed by atoms with Crippen molar-refractivity contribution >= 4 is 0 Å². The van der Waals surface area contributed by atoms with Crippen LogP contribution in [0.1, 0.15) is 53.4 Å². The van der Waals surface area contributed by atoms with Gasteiger partial charge in [0.2, 0.25) is 0 Å². The van der Waals surface area contributed by atoms with Crippen LogP contribution in [0.25, 0.3) is 0 Å². The molecule has 5 heteroatoms. The number of rotatable bonds is 7. The molecule has 0 fully saturated rings. The van der Waals surface area contributed by atoms with E-state index in [2.05, 4.69) is 13.8 Å². The molecule has 0 aliphatic rings. The van der Waals surface area contributed by atoms with Crippen LogP contribution in [0.2, 0.25) is 0 Å². The molecule has 0 aliphatic carbocycles. The van der Waals surface area contributed by atoms with Crippen molar-refractivity contribution in [2.75, 3.05) is 0 Å². The molecule has 0 bridgehead atoms. The van der Waals surface area contributed by atoms with Crippen molar-refractivity contribution < 1.29 is 30.4 Å². The molecule has 0 aliphatic heterocycles. The van der Waals surface area contributed by atoms with Gasteiger partial charge in [-0.1, -0.05) is 0 Å². The molecular weight excluding hydrogens is 235 g/mol. The molecule has 0 rings (SSSR count). The second kappa shape index (κ2) is 6.11. The summed E-state index contributed by atoms with van der Waals surface area (Å²) >= 11 is -4.97. The summed E-state index contributed by atoms with van der Waals surface area (Å²) < 4.78 is 33.4. The molecule has 0 saturated heterocycles. The molecule has 0 aromatic heterocycles. The van der Waals surface area contributed by atoms with Crippen LogP contribution in [0.3, 0.4) is 0 Å². The van der Waals surface area contributed by atoms with Gasteiger partial charge >= 0.3 is 95.3 Å². The molecule has 0 aromatic rings. The van der Waals surface area contributed by atoms with Crippen molar-refractivity contribution in [2.24, 2.45) is 5.92 Å². The standard InChI is InChI=1S/C10H21O.2H2O.O.V/c1-5-10(4,11)8-6-7-9(2)3;;;;/h9H,5-8H2,1-4H3;2*1H2;;/q-1;;;;+3/p-2. The first-order valence-corrected chi connectivity index (χ1v) is 7.84. The van der Waals surface area contributed by atoms with E-state index in [0.29, 0.717) is 18.8 Å². The second-order valence-corrected chi connectivity index (χ2v) is 6.49. The SMILES string of the molecule is CCC(C)(CCCC(C)C)[O][V](=[O])([OH])[OH]. The summed E-state index contributed by atoms with van der Waals surface area (Å²) in [6.07, 6.45) is 3.33. The van der Waals surface area contributed by atoms with Gasteiger partial charge in [0.15, 0.2) is 0 Å². The van der Waals surface area contributed by atoms with E-state index >= 15 is 0 Å². The summed E-state index contributed by atoms with van der Waals surface area (Å²) in [4.78, 5) is 0. The normalized spacial score (nSPS) is 16.7. The third-order valence-electron chi connectivity index (χ3n) is 2.57. The molecule has 0 saturated carbocycles. The molecule has 0 amide bonds. The summed E-state index contributed by atoms with van der Waals surface area (Å²) in [6, 6.07) is 0. The van der Waals surface area contributed by atoms with Gasteiger partial charge in [-0.15, -0.1) is 0 Å². The van der Waals surface area contributed by atoms with E-state index in [-0.39, 0.29) is 0 Å². The summed E-state index contributed by atoms with van der Waals surface area (Å²) in [5.41, 5.74) is -0.673. The Balaban J connectivity index is 4.14. The van der Waals surface area contributed by atoms with Crippen LogP contribution in [-0.4, -0.2) is 13.7 Å².